The number of morpholine rings is 1. The highest BCUT2D eigenvalue weighted by Crippen LogP contribution is 2.35. The molecule has 0 saturated carbocycles. The van der Waals surface area contributed by atoms with Crippen LogP contribution in [-0.2, 0) is 4.74 Å². The van der Waals surface area contributed by atoms with E-state index in [9.17, 15) is 9.59 Å². The van der Waals surface area contributed by atoms with E-state index in [-0.39, 0.29) is 11.5 Å². The number of rotatable bonds is 2. The molecular formula is C21H19NO5. The summed E-state index contributed by atoms with van der Waals surface area (Å²) in [6.07, 6.45) is 1.28. The normalized spacial score (nSPS) is 17.6. The van der Waals surface area contributed by atoms with Gasteiger partial charge in [0.1, 0.15) is 11.5 Å². The molecule has 1 fully saturated rings. The van der Waals surface area contributed by atoms with E-state index in [2.05, 4.69) is 0 Å². The van der Waals surface area contributed by atoms with Gasteiger partial charge in [0.2, 0.25) is 5.78 Å². The number of hydrogen-bond acceptors (Lipinski definition) is 5. The molecule has 138 valence electrons. The number of nitrogens with zero attached hydrogens (tertiary/aromatic N) is 1. The molecule has 0 bridgehead atoms. The third-order valence-electron chi connectivity index (χ3n) is 4.46. The zero-order valence-corrected chi connectivity index (χ0v) is 14.9. The van der Waals surface area contributed by atoms with E-state index in [0.717, 1.165) is 11.1 Å². The van der Waals surface area contributed by atoms with Gasteiger partial charge < -0.3 is 19.1 Å². The number of hydrogen-bond donors (Lipinski definition) is 0. The van der Waals surface area contributed by atoms with Crippen LogP contribution in [0.15, 0.2) is 48.2 Å². The van der Waals surface area contributed by atoms with Crippen molar-refractivity contribution in [2.45, 2.75) is 6.92 Å². The summed E-state index contributed by atoms with van der Waals surface area (Å²) in [5.74, 6) is 0.811. The number of aryl methyl sites for hydroxylation is 1. The maximum atomic E-state index is 12.5. The van der Waals surface area contributed by atoms with E-state index in [1.807, 2.05) is 31.2 Å². The summed E-state index contributed by atoms with van der Waals surface area (Å²) in [7, 11) is 0. The summed E-state index contributed by atoms with van der Waals surface area (Å²) < 4.78 is 16.3. The third kappa shape index (κ3) is 3.71. The topological polar surface area (TPSA) is 65.1 Å². The van der Waals surface area contributed by atoms with Gasteiger partial charge in [0, 0.05) is 19.2 Å². The maximum absolute atomic E-state index is 12.5. The number of benzene rings is 2. The fourth-order valence-corrected chi connectivity index (χ4v) is 3.05. The van der Waals surface area contributed by atoms with Crippen LogP contribution in [0, 0.1) is 6.92 Å². The zero-order chi connectivity index (χ0) is 18.8. The van der Waals surface area contributed by atoms with Gasteiger partial charge in [-0.15, -0.1) is 0 Å². The van der Waals surface area contributed by atoms with Crippen molar-refractivity contribution in [1.29, 1.82) is 0 Å². The summed E-state index contributed by atoms with van der Waals surface area (Å²) in [6.45, 7) is 4.00. The van der Waals surface area contributed by atoms with Crippen LogP contribution in [0.25, 0.3) is 6.08 Å². The van der Waals surface area contributed by atoms with E-state index in [4.69, 9.17) is 14.2 Å². The minimum Gasteiger partial charge on any atom is -0.452 e. The fraction of sp³-hybridized carbons (Fsp3) is 0.238. The molecule has 0 aromatic heterocycles. The number of carbonyl (C=O) groups is 2. The summed E-state index contributed by atoms with van der Waals surface area (Å²) >= 11 is 0. The van der Waals surface area contributed by atoms with Gasteiger partial charge in [-0.25, -0.2) is 4.79 Å². The number of Topliss-reactive ketones (excluding diaryl/α,β-unsaturated/α-hetero) is 1. The van der Waals surface area contributed by atoms with Crippen molar-refractivity contribution in [3.05, 3.63) is 64.9 Å². The van der Waals surface area contributed by atoms with Gasteiger partial charge in [-0.05, 0) is 30.7 Å². The Bertz CT molecular complexity index is 928. The van der Waals surface area contributed by atoms with Gasteiger partial charge in [0.05, 0.1) is 18.8 Å². The van der Waals surface area contributed by atoms with Crippen molar-refractivity contribution in [1.82, 2.24) is 4.90 Å². The van der Waals surface area contributed by atoms with Crippen molar-refractivity contribution in [2.75, 3.05) is 26.3 Å². The molecule has 0 atom stereocenters. The first kappa shape index (κ1) is 17.3. The van der Waals surface area contributed by atoms with Crippen molar-refractivity contribution in [3.8, 4) is 11.5 Å². The van der Waals surface area contributed by atoms with Crippen LogP contribution in [0.4, 0.5) is 4.79 Å². The summed E-state index contributed by atoms with van der Waals surface area (Å²) in [6, 6.07) is 12.6. The molecule has 2 aromatic rings. The summed E-state index contributed by atoms with van der Waals surface area (Å²) in [5, 5.41) is 0. The lowest BCUT2D eigenvalue weighted by Crippen LogP contribution is -2.42. The van der Waals surface area contributed by atoms with Crippen molar-refractivity contribution >= 4 is 18.0 Å². The molecule has 4 rings (SSSR count). The quantitative estimate of drug-likeness (QED) is 0.763. The van der Waals surface area contributed by atoms with Gasteiger partial charge in [-0.2, -0.15) is 0 Å². The predicted molar refractivity (Wildman–Crippen MR) is 99.0 cm³/mol. The van der Waals surface area contributed by atoms with Crippen LogP contribution in [0.3, 0.4) is 0 Å². The Morgan fingerprint density at radius 1 is 1.15 bits per heavy atom. The van der Waals surface area contributed by atoms with Crippen LogP contribution in [-0.4, -0.2) is 43.1 Å². The molecular weight excluding hydrogens is 346 g/mol. The molecule has 0 spiro atoms. The highest BCUT2D eigenvalue weighted by atomic mass is 16.6. The zero-order valence-electron chi connectivity index (χ0n) is 14.9. The van der Waals surface area contributed by atoms with E-state index in [1.165, 1.54) is 0 Å². The highest BCUT2D eigenvalue weighted by molar-refractivity contribution is 6.14. The predicted octanol–water partition coefficient (Wildman–Crippen LogP) is 3.44. The first-order valence-corrected chi connectivity index (χ1v) is 8.79. The number of ether oxygens (including phenoxy) is 3. The van der Waals surface area contributed by atoms with E-state index in [0.29, 0.717) is 43.4 Å². The second-order valence-corrected chi connectivity index (χ2v) is 6.48. The third-order valence-corrected chi connectivity index (χ3v) is 4.46. The van der Waals surface area contributed by atoms with Crippen molar-refractivity contribution in [3.63, 3.8) is 0 Å². The Hall–Kier alpha value is -3.12. The van der Waals surface area contributed by atoms with Gasteiger partial charge in [0.15, 0.2) is 5.76 Å². The van der Waals surface area contributed by atoms with Crippen molar-refractivity contribution in [2.24, 2.45) is 0 Å². The monoisotopic (exact) mass is 365 g/mol. The minimum atomic E-state index is -0.432. The lowest BCUT2D eigenvalue weighted by molar-refractivity contribution is 0.0416. The first-order valence-electron chi connectivity index (χ1n) is 8.79. The number of allylic oxidation sites excluding steroid dienone is 1. The molecule has 6 nitrogen and oxygen atoms in total. The van der Waals surface area contributed by atoms with E-state index in [1.54, 1.807) is 29.2 Å². The summed E-state index contributed by atoms with van der Waals surface area (Å²) in [4.78, 5) is 26.3. The van der Waals surface area contributed by atoms with Crippen LogP contribution < -0.4 is 9.47 Å². The average Bonchev–Trinajstić information content (AvgIpc) is 2.97. The number of amides is 1. The largest absolute Gasteiger partial charge is 0.452 e. The number of ketones is 1. The Balaban J connectivity index is 1.51. The number of carbonyl (C=O) groups excluding carboxylic acids is 2. The highest BCUT2D eigenvalue weighted by Gasteiger charge is 2.28. The van der Waals surface area contributed by atoms with E-state index < -0.39 is 6.09 Å². The molecule has 1 amide bonds. The molecule has 27 heavy (non-hydrogen) atoms. The SMILES string of the molecule is Cc1cccc(/C=C2/Oc3cc(OC(=O)N4CCOCC4)ccc3C2=O)c1. The molecule has 0 aliphatic carbocycles. The molecule has 1 saturated heterocycles. The molecule has 0 radical (unpaired) electrons. The molecule has 2 heterocycles. The average molecular weight is 365 g/mol. The molecule has 2 aliphatic rings. The summed E-state index contributed by atoms with van der Waals surface area (Å²) in [5.41, 5.74) is 2.45. The van der Waals surface area contributed by atoms with Gasteiger partial charge in [-0.3, -0.25) is 4.79 Å². The Kier molecular flexibility index (Phi) is 4.64. The minimum absolute atomic E-state index is 0.183. The van der Waals surface area contributed by atoms with E-state index >= 15 is 0 Å². The molecule has 0 N–H and O–H groups in total. The van der Waals surface area contributed by atoms with Gasteiger partial charge in [-0.1, -0.05) is 29.8 Å². The number of fused-ring (bicyclic) bond motifs is 1. The Morgan fingerprint density at radius 3 is 2.74 bits per heavy atom. The van der Waals surface area contributed by atoms with Gasteiger partial charge >= 0.3 is 6.09 Å². The second kappa shape index (κ2) is 7.25. The fourth-order valence-electron chi connectivity index (χ4n) is 3.05. The molecule has 2 aliphatic heterocycles. The maximum Gasteiger partial charge on any atom is 0.415 e. The smallest absolute Gasteiger partial charge is 0.415 e. The molecule has 0 unspecified atom stereocenters. The van der Waals surface area contributed by atoms with Crippen molar-refractivity contribution < 1.29 is 23.8 Å². The van der Waals surface area contributed by atoms with Gasteiger partial charge in [0.25, 0.3) is 0 Å². The van der Waals surface area contributed by atoms with Crippen LogP contribution in [0.1, 0.15) is 21.5 Å². The van der Waals surface area contributed by atoms with Crippen LogP contribution in [0.5, 0.6) is 11.5 Å². The first-order chi connectivity index (χ1) is 13.1. The Labute approximate surface area is 156 Å². The van der Waals surface area contributed by atoms with Crippen LogP contribution in [0.2, 0.25) is 0 Å². The Morgan fingerprint density at radius 2 is 1.96 bits per heavy atom. The lowest BCUT2D eigenvalue weighted by atomic mass is 10.1. The molecule has 2 aromatic carbocycles. The lowest BCUT2D eigenvalue weighted by Gasteiger charge is -2.25. The molecule has 6 heteroatoms. The van der Waals surface area contributed by atoms with Crippen LogP contribution >= 0.6 is 0 Å². The standard InChI is InChI=1S/C21H19NO5/c1-14-3-2-4-15(11-14)12-19-20(23)17-6-5-16(13-18(17)27-19)26-21(24)22-7-9-25-10-8-22/h2-6,11-13H,7-10H2,1H3/b19-12+. The second-order valence-electron chi connectivity index (χ2n) is 6.48.